The van der Waals surface area contributed by atoms with Gasteiger partial charge in [-0.1, -0.05) is 6.92 Å². The zero-order valence-electron chi connectivity index (χ0n) is 10.5. The van der Waals surface area contributed by atoms with Crippen LogP contribution in [0.1, 0.15) is 18.4 Å². The summed E-state index contributed by atoms with van der Waals surface area (Å²) in [6.07, 6.45) is 0. The number of hydrogen-bond acceptors (Lipinski definition) is 4. The van der Waals surface area contributed by atoms with Gasteiger partial charge in [-0.15, -0.1) is 0 Å². The number of rotatable bonds is 5. The first-order valence-electron chi connectivity index (χ1n) is 5.29. The normalized spacial score (nSPS) is 12.1. The smallest absolute Gasteiger partial charge is 0.169 e. The van der Waals surface area contributed by atoms with Crippen molar-refractivity contribution in [2.24, 2.45) is 5.73 Å². The molecule has 96 valence electrons. The van der Waals surface area contributed by atoms with Gasteiger partial charge in [-0.3, -0.25) is 0 Å². The molecule has 1 aromatic rings. The van der Waals surface area contributed by atoms with Crippen LogP contribution in [0.4, 0.5) is 4.39 Å². The summed E-state index contributed by atoms with van der Waals surface area (Å²) in [5.41, 5.74) is 6.21. The minimum Gasteiger partial charge on any atom is -0.493 e. The SMILES string of the molecule is COc1cc(F)c(OC)c(C(C)CN)c1OC. The van der Waals surface area contributed by atoms with E-state index in [4.69, 9.17) is 19.9 Å². The third kappa shape index (κ3) is 2.44. The van der Waals surface area contributed by atoms with Crippen LogP contribution in [0, 0.1) is 5.82 Å². The van der Waals surface area contributed by atoms with Gasteiger partial charge in [0.25, 0.3) is 0 Å². The fourth-order valence-corrected chi connectivity index (χ4v) is 1.75. The second kappa shape index (κ2) is 5.72. The van der Waals surface area contributed by atoms with Crippen molar-refractivity contribution >= 4 is 0 Å². The largest absolute Gasteiger partial charge is 0.493 e. The van der Waals surface area contributed by atoms with Gasteiger partial charge in [-0.2, -0.15) is 0 Å². The third-order valence-electron chi connectivity index (χ3n) is 2.66. The van der Waals surface area contributed by atoms with E-state index in [1.54, 1.807) is 0 Å². The molecule has 1 atom stereocenters. The number of methoxy groups -OCH3 is 3. The summed E-state index contributed by atoms with van der Waals surface area (Å²) in [7, 11) is 4.37. The van der Waals surface area contributed by atoms with Crippen molar-refractivity contribution in [2.45, 2.75) is 12.8 Å². The van der Waals surface area contributed by atoms with Crippen molar-refractivity contribution in [3.8, 4) is 17.2 Å². The van der Waals surface area contributed by atoms with Crippen molar-refractivity contribution in [3.05, 3.63) is 17.4 Å². The van der Waals surface area contributed by atoms with Gasteiger partial charge in [0.2, 0.25) is 0 Å². The van der Waals surface area contributed by atoms with Crippen LogP contribution in [0.25, 0.3) is 0 Å². The molecular weight excluding hydrogens is 225 g/mol. The number of benzene rings is 1. The van der Waals surface area contributed by atoms with Gasteiger partial charge in [0, 0.05) is 17.5 Å². The quantitative estimate of drug-likeness (QED) is 0.858. The monoisotopic (exact) mass is 243 g/mol. The molecule has 0 fully saturated rings. The van der Waals surface area contributed by atoms with Crippen molar-refractivity contribution in [1.82, 2.24) is 0 Å². The lowest BCUT2D eigenvalue weighted by Gasteiger charge is -2.20. The van der Waals surface area contributed by atoms with Crippen LogP contribution >= 0.6 is 0 Å². The molecule has 5 heteroatoms. The Hall–Kier alpha value is -1.49. The van der Waals surface area contributed by atoms with Crippen LogP contribution in [-0.2, 0) is 0 Å². The first kappa shape index (κ1) is 13.6. The molecule has 0 bridgehead atoms. The average Bonchev–Trinajstić information content (AvgIpc) is 2.36. The van der Waals surface area contributed by atoms with Gasteiger partial charge < -0.3 is 19.9 Å². The second-order valence-electron chi connectivity index (χ2n) is 3.68. The lowest BCUT2D eigenvalue weighted by atomic mass is 9.98. The van der Waals surface area contributed by atoms with E-state index in [-0.39, 0.29) is 11.7 Å². The van der Waals surface area contributed by atoms with E-state index in [0.717, 1.165) is 0 Å². The maximum absolute atomic E-state index is 13.8. The first-order valence-corrected chi connectivity index (χ1v) is 5.29. The summed E-state index contributed by atoms with van der Waals surface area (Å²) < 4.78 is 29.2. The van der Waals surface area contributed by atoms with Gasteiger partial charge >= 0.3 is 0 Å². The standard InChI is InChI=1S/C12H18FNO3/c1-7(6-14)10-11(16-3)8(13)5-9(15-2)12(10)17-4/h5,7H,6,14H2,1-4H3. The van der Waals surface area contributed by atoms with Gasteiger partial charge in [0.05, 0.1) is 21.3 Å². The summed E-state index contributed by atoms with van der Waals surface area (Å²) >= 11 is 0. The topological polar surface area (TPSA) is 53.7 Å². The zero-order chi connectivity index (χ0) is 13.0. The molecule has 2 N–H and O–H groups in total. The highest BCUT2D eigenvalue weighted by molar-refractivity contribution is 5.56. The molecule has 0 spiro atoms. The highest BCUT2D eigenvalue weighted by atomic mass is 19.1. The van der Waals surface area contributed by atoms with Crippen LogP contribution in [0.3, 0.4) is 0 Å². The molecule has 0 aliphatic heterocycles. The zero-order valence-corrected chi connectivity index (χ0v) is 10.5. The molecule has 0 radical (unpaired) electrons. The average molecular weight is 243 g/mol. The second-order valence-corrected chi connectivity index (χ2v) is 3.68. The Morgan fingerprint density at radius 3 is 2.18 bits per heavy atom. The Morgan fingerprint density at radius 2 is 1.76 bits per heavy atom. The fourth-order valence-electron chi connectivity index (χ4n) is 1.75. The number of hydrogen-bond donors (Lipinski definition) is 1. The van der Waals surface area contributed by atoms with Crippen LogP contribution in [0.15, 0.2) is 6.07 Å². The van der Waals surface area contributed by atoms with E-state index in [2.05, 4.69) is 0 Å². The molecule has 0 amide bonds. The first-order chi connectivity index (χ1) is 8.10. The summed E-state index contributed by atoms with van der Waals surface area (Å²) in [6.45, 7) is 2.23. The molecule has 4 nitrogen and oxygen atoms in total. The maximum atomic E-state index is 13.8. The summed E-state index contributed by atoms with van der Waals surface area (Å²) in [5.74, 6) is 0.371. The number of halogens is 1. The van der Waals surface area contributed by atoms with E-state index in [9.17, 15) is 4.39 Å². The summed E-state index contributed by atoms with van der Waals surface area (Å²) in [6, 6.07) is 1.24. The van der Waals surface area contributed by atoms with Gasteiger partial charge in [0.1, 0.15) is 0 Å². The molecule has 17 heavy (non-hydrogen) atoms. The molecule has 1 rings (SSSR count). The lowest BCUT2D eigenvalue weighted by molar-refractivity contribution is 0.330. The molecular formula is C12H18FNO3. The molecule has 1 aromatic carbocycles. The van der Waals surface area contributed by atoms with Crippen LogP contribution in [-0.4, -0.2) is 27.9 Å². The van der Waals surface area contributed by atoms with Gasteiger partial charge in [-0.05, 0) is 6.54 Å². The minimum atomic E-state index is -0.486. The van der Waals surface area contributed by atoms with Crippen molar-refractivity contribution in [2.75, 3.05) is 27.9 Å². The summed E-state index contributed by atoms with van der Waals surface area (Å²) in [5, 5.41) is 0. The van der Waals surface area contributed by atoms with E-state index in [0.29, 0.717) is 23.6 Å². The maximum Gasteiger partial charge on any atom is 0.169 e. The van der Waals surface area contributed by atoms with Crippen LogP contribution in [0.2, 0.25) is 0 Å². The highest BCUT2D eigenvalue weighted by Gasteiger charge is 2.24. The van der Waals surface area contributed by atoms with E-state index >= 15 is 0 Å². The van der Waals surface area contributed by atoms with E-state index in [1.165, 1.54) is 27.4 Å². The minimum absolute atomic E-state index is 0.0931. The predicted octanol–water partition coefficient (Wildman–Crippen LogP) is 1.91. The van der Waals surface area contributed by atoms with Gasteiger partial charge in [-0.25, -0.2) is 4.39 Å². The highest BCUT2D eigenvalue weighted by Crippen LogP contribution is 2.43. The Morgan fingerprint density at radius 1 is 1.18 bits per heavy atom. The molecule has 0 aliphatic rings. The van der Waals surface area contributed by atoms with Crippen molar-refractivity contribution in [3.63, 3.8) is 0 Å². The molecule has 1 unspecified atom stereocenters. The predicted molar refractivity (Wildman–Crippen MR) is 63.5 cm³/mol. The number of ether oxygens (including phenoxy) is 3. The Kier molecular flexibility index (Phi) is 4.57. The number of nitrogens with two attached hydrogens (primary N) is 1. The van der Waals surface area contributed by atoms with Crippen LogP contribution in [0.5, 0.6) is 17.2 Å². The Balaban J connectivity index is 3.52. The van der Waals surface area contributed by atoms with Crippen LogP contribution < -0.4 is 19.9 Å². The van der Waals surface area contributed by atoms with E-state index < -0.39 is 5.82 Å². The molecule has 0 saturated carbocycles. The molecule has 0 heterocycles. The van der Waals surface area contributed by atoms with E-state index in [1.807, 2.05) is 6.92 Å². The van der Waals surface area contributed by atoms with Crippen molar-refractivity contribution in [1.29, 1.82) is 0 Å². The van der Waals surface area contributed by atoms with Gasteiger partial charge in [0.15, 0.2) is 23.1 Å². The Bertz CT molecular complexity index is 396. The van der Waals surface area contributed by atoms with Crippen molar-refractivity contribution < 1.29 is 18.6 Å². The lowest BCUT2D eigenvalue weighted by Crippen LogP contribution is -2.13. The Labute approximate surface area is 100 Å². The third-order valence-corrected chi connectivity index (χ3v) is 2.66. The molecule has 0 aliphatic carbocycles. The molecule has 0 aromatic heterocycles. The molecule has 0 saturated heterocycles. The fraction of sp³-hybridized carbons (Fsp3) is 0.500. The summed E-state index contributed by atoms with van der Waals surface area (Å²) in [4.78, 5) is 0.